The highest BCUT2D eigenvalue weighted by Gasteiger charge is 2.44. The van der Waals surface area contributed by atoms with Crippen LogP contribution in [0.15, 0.2) is 39.9 Å². The van der Waals surface area contributed by atoms with Gasteiger partial charge in [-0.25, -0.2) is 4.79 Å². The average molecular weight is 889 g/mol. The fraction of sp³-hybridized carbons (Fsp3) is 0.681. The van der Waals surface area contributed by atoms with E-state index in [0.29, 0.717) is 26.2 Å². The van der Waals surface area contributed by atoms with E-state index in [9.17, 15) is 19.5 Å². The fourth-order valence-corrected chi connectivity index (χ4v) is 10.1. The molecule has 11 unspecified atom stereocenters. The lowest BCUT2D eigenvalue weighted by Crippen LogP contribution is -2.59. The van der Waals surface area contributed by atoms with Gasteiger partial charge in [0, 0.05) is 62.1 Å². The molecule has 0 aromatic carbocycles. The van der Waals surface area contributed by atoms with Gasteiger partial charge in [-0.1, -0.05) is 65.0 Å². The number of hydrogen-bond donors (Lipinski definition) is 7. The molecule has 1 aromatic heterocycles. The smallest absolute Gasteiger partial charge is 0.407 e. The highest BCUT2D eigenvalue weighted by atomic mass is 16.6. The molecule has 6 heterocycles. The molecule has 0 spiro atoms. The van der Waals surface area contributed by atoms with Crippen molar-refractivity contribution in [2.45, 2.75) is 135 Å². The average Bonchev–Trinajstić information content (AvgIpc) is 4.11. The predicted molar refractivity (Wildman–Crippen MR) is 247 cm³/mol. The lowest BCUT2D eigenvalue weighted by Gasteiger charge is -2.37. The van der Waals surface area contributed by atoms with Crippen LogP contribution in [0.4, 0.5) is 4.79 Å². The number of aliphatic imine (C=N–C) groups is 2. The summed E-state index contributed by atoms with van der Waals surface area (Å²) in [5, 5.41) is 32.2. The summed E-state index contributed by atoms with van der Waals surface area (Å²) in [6.07, 6.45) is 16.5. The zero-order valence-electron chi connectivity index (χ0n) is 38.9. The maximum Gasteiger partial charge on any atom is 0.407 e. The third-order valence-electron chi connectivity index (χ3n) is 13.6. The van der Waals surface area contributed by atoms with E-state index in [4.69, 9.17) is 24.2 Å². The number of rotatable bonds is 13. The van der Waals surface area contributed by atoms with Crippen molar-refractivity contribution in [1.82, 2.24) is 41.4 Å². The van der Waals surface area contributed by atoms with Crippen molar-refractivity contribution in [3.63, 3.8) is 0 Å². The molecule has 1 aliphatic carbocycles. The summed E-state index contributed by atoms with van der Waals surface area (Å²) in [6.45, 7) is 14.7. The van der Waals surface area contributed by atoms with Gasteiger partial charge in [-0.3, -0.25) is 35.5 Å². The number of aliphatic hydroxyl groups is 1. The second-order valence-corrected chi connectivity index (χ2v) is 19.5. The van der Waals surface area contributed by atoms with E-state index in [1.165, 1.54) is 30.5 Å². The number of likely N-dealkylation sites (tertiary alicyclic amines) is 1. The quantitative estimate of drug-likeness (QED) is 0.140. The second-order valence-electron chi connectivity index (χ2n) is 19.5. The van der Waals surface area contributed by atoms with Gasteiger partial charge in [-0.15, -0.1) is 0 Å². The van der Waals surface area contributed by atoms with E-state index >= 15 is 0 Å². The third kappa shape index (κ3) is 10.8. The van der Waals surface area contributed by atoms with E-state index in [1.54, 1.807) is 0 Å². The van der Waals surface area contributed by atoms with Crippen LogP contribution in [0.1, 0.15) is 85.6 Å². The summed E-state index contributed by atoms with van der Waals surface area (Å²) in [5.74, 6) is 0.786. The van der Waals surface area contributed by atoms with Crippen LogP contribution in [-0.4, -0.2) is 140 Å². The van der Waals surface area contributed by atoms with Gasteiger partial charge in [0.1, 0.15) is 18.1 Å². The monoisotopic (exact) mass is 889 g/mol. The lowest BCUT2D eigenvalue weighted by atomic mass is 9.85. The van der Waals surface area contributed by atoms with Crippen LogP contribution in [0, 0.1) is 23.2 Å². The summed E-state index contributed by atoms with van der Waals surface area (Å²) in [7, 11) is 2.69. The van der Waals surface area contributed by atoms with Crippen LogP contribution in [0.5, 0.6) is 0 Å². The van der Waals surface area contributed by atoms with Crippen molar-refractivity contribution < 1.29 is 33.7 Å². The Bertz CT molecular complexity index is 2090. The minimum atomic E-state index is -1.24. The standard InChI is InChI=1S/C47H72N10O7/c1-27(2)38(54-45(60)62-7)42(58)51-28(3)40-49-26-35(52-40)30-16-17-36-32(22-30)23-33-14-9-12-29(18-21-64-44(57(33)36)31-13-10-19-48-24-31)34-25-50-41(53-34)37-15-11-20-56(37)43(59)39(47(4,5)6)55-46(61)63-8/h9,12,17-19,22-23,27-28,30-31,34-35,37-39,41,44-45,50,53-54,60H,10-11,13-16,20-21,24-26H2,1-8H3,(H,49,52)(H,51,58)(H,55,61). The van der Waals surface area contributed by atoms with Crippen LogP contribution < -0.4 is 42.5 Å². The van der Waals surface area contributed by atoms with Crippen molar-refractivity contribution >= 4 is 42.1 Å². The molecule has 352 valence electrons. The second kappa shape index (κ2) is 20.8. The minimum Gasteiger partial charge on any atom is -0.453 e. The van der Waals surface area contributed by atoms with Gasteiger partial charge in [0.05, 0.1) is 50.6 Å². The first-order valence-electron chi connectivity index (χ1n) is 23.3. The first kappa shape index (κ1) is 47.6. The molecule has 0 bridgehead atoms. The maximum atomic E-state index is 14.0. The Morgan fingerprint density at radius 1 is 1.08 bits per heavy atom. The van der Waals surface area contributed by atoms with Crippen LogP contribution >= 0.6 is 0 Å². The summed E-state index contributed by atoms with van der Waals surface area (Å²) < 4.78 is 19.2. The van der Waals surface area contributed by atoms with Crippen LogP contribution in [0.2, 0.25) is 0 Å². The number of alkyl carbamates (subject to hydrolysis) is 1. The first-order chi connectivity index (χ1) is 30.7. The molecule has 0 radical (unpaired) electrons. The normalized spacial score (nSPS) is 28.9. The van der Waals surface area contributed by atoms with Crippen molar-refractivity contribution in [3.05, 3.63) is 46.1 Å². The number of aliphatic hydroxyl groups excluding tert-OH is 1. The zero-order valence-corrected chi connectivity index (χ0v) is 38.9. The molecule has 7 N–H and O–H groups in total. The maximum absolute atomic E-state index is 14.0. The molecule has 7 rings (SSSR count). The highest BCUT2D eigenvalue weighted by Crippen LogP contribution is 2.31. The van der Waals surface area contributed by atoms with E-state index < -0.39 is 30.0 Å². The summed E-state index contributed by atoms with van der Waals surface area (Å²) in [4.78, 5) is 51.0. The Kier molecular flexibility index (Phi) is 15.5. The first-order valence-corrected chi connectivity index (χ1v) is 23.3. The number of methoxy groups -OCH3 is 2. The number of carbonyl (C=O) groups excluding carboxylic acids is 3. The van der Waals surface area contributed by atoms with E-state index in [2.05, 4.69) is 72.9 Å². The number of amides is 3. The van der Waals surface area contributed by atoms with Gasteiger partial charge in [-0.2, -0.15) is 0 Å². The number of nitrogens with one attached hydrogen (secondary N) is 6. The number of amidine groups is 1. The molecular weight excluding hydrogens is 817 g/mol. The minimum absolute atomic E-state index is 0.0208. The number of ether oxygens (including phenoxy) is 3. The molecule has 17 heteroatoms. The number of nitrogens with zero attached hydrogens (tertiary/aromatic N) is 4. The largest absolute Gasteiger partial charge is 0.453 e. The van der Waals surface area contributed by atoms with Crippen molar-refractivity contribution in [2.75, 3.05) is 47.0 Å². The molecule has 6 aliphatic rings. The number of hydrogen-bond acceptors (Lipinski definition) is 13. The van der Waals surface area contributed by atoms with Crippen molar-refractivity contribution in [3.8, 4) is 0 Å². The molecule has 17 nitrogen and oxygen atoms in total. The van der Waals surface area contributed by atoms with Gasteiger partial charge in [0.15, 0.2) is 0 Å². The van der Waals surface area contributed by atoms with Crippen LogP contribution in [0.25, 0.3) is 12.2 Å². The Balaban J connectivity index is 1.05. The van der Waals surface area contributed by atoms with Gasteiger partial charge < -0.3 is 44.7 Å². The molecule has 0 saturated carbocycles. The highest BCUT2D eigenvalue weighted by molar-refractivity contribution is 5.94. The van der Waals surface area contributed by atoms with Crippen molar-refractivity contribution in [2.24, 2.45) is 33.2 Å². The van der Waals surface area contributed by atoms with Crippen molar-refractivity contribution in [1.29, 1.82) is 0 Å². The molecule has 64 heavy (non-hydrogen) atoms. The van der Waals surface area contributed by atoms with Crippen LogP contribution in [0.3, 0.4) is 0 Å². The Labute approximate surface area is 377 Å². The summed E-state index contributed by atoms with van der Waals surface area (Å²) >= 11 is 0. The molecule has 1 aromatic rings. The molecule has 2 fully saturated rings. The zero-order chi connectivity index (χ0) is 45.7. The van der Waals surface area contributed by atoms with E-state index in [-0.39, 0.29) is 66.1 Å². The summed E-state index contributed by atoms with van der Waals surface area (Å²) in [6, 6.07) is 0.674. The lowest BCUT2D eigenvalue weighted by molar-refractivity contribution is -0.137. The molecule has 5 aliphatic heterocycles. The van der Waals surface area contributed by atoms with Gasteiger partial charge >= 0.3 is 6.09 Å². The van der Waals surface area contributed by atoms with Crippen LogP contribution in [-0.2, 0) is 30.2 Å². The van der Waals surface area contributed by atoms with Gasteiger partial charge in [0.25, 0.3) is 0 Å². The Morgan fingerprint density at radius 3 is 2.61 bits per heavy atom. The number of carbonyl (C=O) groups is 3. The predicted octanol–water partition coefficient (Wildman–Crippen LogP) is 1.16. The molecular formula is C47H72N10O7. The number of aromatic nitrogens is 1. The Morgan fingerprint density at radius 2 is 1.89 bits per heavy atom. The van der Waals surface area contributed by atoms with E-state index in [1.807, 2.05) is 52.7 Å². The fourth-order valence-electron chi connectivity index (χ4n) is 10.1. The molecule has 3 amide bonds. The van der Waals surface area contributed by atoms with E-state index in [0.717, 1.165) is 56.5 Å². The number of allylic oxidation sites excluding steroid dienone is 1. The molecule has 11 atom stereocenters. The number of fused-ring (bicyclic) bond motifs is 3. The topological polar surface area (TPSA) is 204 Å². The molecule has 2 saturated heterocycles. The third-order valence-corrected chi connectivity index (χ3v) is 13.6. The summed E-state index contributed by atoms with van der Waals surface area (Å²) in [5.41, 5.74) is 1.84. The van der Waals surface area contributed by atoms with Gasteiger partial charge in [0.2, 0.25) is 18.2 Å². The van der Waals surface area contributed by atoms with Gasteiger partial charge in [-0.05, 0) is 73.4 Å². The SMILES string of the molecule is COC(=O)NC(C(=O)N1CCCC1C1NCC(C2=CCOC(C3CCC=NC3)n3c(cc4c3=CCC(C3CN=C(C(C)NC(=O)C(NC(O)OC)C(C)C)N3)C=4)CC=C2)N1)C(C)(C)C. The Hall–Kier alpha value is -4.39.